The zero-order chi connectivity index (χ0) is 26.7. The van der Waals surface area contributed by atoms with Gasteiger partial charge in [0.05, 0.1) is 13.2 Å². The molecule has 9 heteroatoms. The van der Waals surface area contributed by atoms with E-state index in [0.717, 1.165) is 50.4 Å². The van der Waals surface area contributed by atoms with Crippen molar-refractivity contribution in [2.24, 2.45) is 0 Å². The van der Waals surface area contributed by atoms with Gasteiger partial charge in [-0.2, -0.15) is 0 Å². The molecule has 3 heterocycles. The molecule has 0 unspecified atom stereocenters. The Balaban J connectivity index is 1.27. The number of hydrogen-bond acceptors (Lipinski definition) is 6. The molecule has 2 N–H and O–H groups in total. The Morgan fingerprint density at radius 3 is 2.55 bits per heavy atom. The van der Waals surface area contributed by atoms with E-state index in [-0.39, 0.29) is 23.1 Å². The molecule has 0 aromatic heterocycles. The van der Waals surface area contributed by atoms with E-state index in [9.17, 15) is 14.4 Å². The summed E-state index contributed by atoms with van der Waals surface area (Å²) >= 11 is 1.62. The number of nitrogens with one attached hydrogen (secondary N) is 2. The molecule has 0 spiro atoms. The highest BCUT2D eigenvalue weighted by atomic mass is 32.2. The molecule has 3 aliphatic rings. The molecule has 3 aliphatic heterocycles. The van der Waals surface area contributed by atoms with Crippen molar-refractivity contribution in [3.8, 4) is 0 Å². The molecule has 202 valence electrons. The van der Waals surface area contributed by atoms with Crippen molar-refractivity contribution in [2.75, 3.05) is 39.4 Å². The van der Waals surface area contributed by atoms with Crippen LogP contribution in [-0.4, -0.2) is 83.7 Å². The third-order valence-electron chi connectivity index (χ3n) is 7.51. The maximum atomic E-state index is 13.8. The first-order valence-electron chi connectivity index (χ1n) is 13.4. The molecule has 2 saturated heterocycles. The summed E-state index contributed by atoms with van der Waals surface area (Å²) in [5.41, 5.74) is 2.56. The first-order valence-corrected chi connectivity index (χ1v) is 14.2. The van der Waals surface area contributed by atoms with Gasteiger partial charge < -0.3 is 20.3 Å². The van der Waals surface area contributed by atoms with Crippen LogP contribution >= 0.6 is 11.8 Å². The number of carbonyl (C=O) groups excluding carboxylic acids is 3. The topological polar surface area (TPSA) is 91.0 Å². The van der Waals surface area contributed by atoms with Crippen molar-refractivity contribution < 1.29 is 19.1 Å². The molecule has 2 aromatic carbocycles. The maximum Gasteiger partial charge on any atom is 0.256 e. The van der Waals surface area contributed by atoms with Gasteiger partial charge in [0.25, 0.3) is 5.91 Å². The van der Waals surface area contributed by atoms with Crippen molar-refractivity contribution in [3.63, 3.8) is 0 Å². The third kappa shape index (κ3) is 5.60. The van der Waals surface area contributed by atoms with Crippen LogP contribution in [0.1, 0.15) is 47.1 Å². The van der Waals surface area contributed by atoms with Crippen LogP contribution in [0, 0.1) is 0 Å². The normalized spacial score (nSPS) is 23.0. The Kier molecular flexibility index (Phi) is 8.07. The number of ether oxygens (including phenoxy) is 1. The minimum atomic E-state index is -0.742. The summed E-state index contributed by atoms with van der Waals surface area (Å²) < 4.78 is 4.89. The van der Waals surface area contributed by atoms with Gasteiger partial charge >= 0.3 is 0 Å². The molecule has 3 amide bonds. The van der Waals surface area contributed by atoms with Crippen molar-refractivity contribution in [1.29, 1.82) is 0 Å². The van der Waals surface area contributed by atoms with Crippen LogP contribution in [0.15, 0.2) is 54.6 Å². The minimum Gasteiger partial charge on any atom is -0.379 e. The molecule has 2 fully saturated rings. The second-order valence-corrected chi connectivity index (χ2v) is 12.4. The van der Waals surface area contributed by atoms with E-state index >= 15 is 0 Å². The molecular formula is C29H36N4O4S. The summed E-state index contributed by atoms with van der Waals surface area (Å²) in [5, 5.41) is 5.86. The highest BCUT2D eigenvalue weighted by Crippen LogP contribution is 2.56. The molecule has 3 atom stereocenters. The molecule has 38 heavy (non-hydrogen) atoms. The first-order chi connectivity index (χ1) is 18.3. The molecule has 0 radical (unpaired) electrons. The van der Waals surface area contributed by atoms with Crippen LogP contribution in [-0.2, 0) is 20.7 Å². The molecule has 0 saturated carbocycles. The Morgan fingerprint density at radius 2 is 1.79 bits per heavy atom. The number of carbonyl (C=O) groups is 3. The second-order valence-electron chi connectivity index (χ2n) is 10.6. The number of fused-ring (bicyclic) bond motifs is 3. The van der Waals surface area contributed by atoms with Crippen LogP contribution in [0.2, 0.25) is 0 Å². The lowest BCUT2D eigenvalue weighted by atomic mass is 9.99. The van der Waals surface area contributed by atoms with E-state index in [4.69, 9.17) is 4.74 Å². The number of rotatable bonds is 9. The lowest BCUT2D eigenvalue weighted by Gasteiger charge is -2.31. The quantitative estimate of drug-likeness (QED) is 0.479. The summed E-state index contributed by atoms with van der Waals surface area (Å²) in [6, 6.07) is 15.8. The lowest BCUT2D eigenvalue weighted by molar-refractivity contribution is -0.131. The Bertz CT molecular complexity index is 1170. The zero-order valence-corrected chi connectivity index (χ0v) is 22.8. The van der Waals surface area contributed by atoms with Gasteiger partial charge in [0.15, 0.2) is 0 Å². The van der Waals surface area contributed by atoms with Crippen molar-refractivity contribution in [1.82, 2.24) is 20.4 Å². The summed E-state index contributed by atoms with van der Waals surface area (Å²) in [6.07, 6.45) is 1.20. The molecule has 0 aliphatic carbocycles. The highest BCUT2D eigenvalue weighted by Gasteiger charge is 2.57. The molecule has 8 nitrogen and oxygen atoms in total. The monoisotopic (exact) mass is 536 g/mol. The van der Waals surface area contributed by atoms with Gasteiger partial charge in [-0.1, -0.05) is 48.5 Å². The van der Waals surface area contributed by atoms with Crippen LogP contribution in [0.3, 0.4) is 0 Å². The van der Waals surface area contributed by atoms with E-state index in [1.165, 1.54) is 0 Å². The summed E-state index contributed by atoms with van der Waals surface area (Å²) in [4.78, 5) is 44.5. The Labute approximate surface area is 228 Å². The van der Waals surface area contributed by atoms with Crippen LogP contribution in [0.5, 0.6) is 0 Å². The lowest BCUT2D eigenvalue weighted by Crippen LogP contribution is -2.57. The predicted molar refractivity (Wildman–Crippen MR) is 148 cm³/mol. The standard InChI is InChI=1S/C29H36N4O4S/c1-29(2)24(33-27(36)21-11-6-7-12-22(21)28(33)38-29)26(35)31-23(19-20-9-4-3-5-10-20)25(34)30-13-8-14-32-15-17-37-18-16-32/h3-7,9-12,23-24,28H,8,13-19H2,1-2H3,(H,30,34)(H,31,35)/t23-,24+,28+/m0/s1. The molecular weight excluding hydrogens is 500 g/mol. The summed E-state index contributed by atoms with van der Waals surface area (Å²) in [7, 11) is 0. The van der Waals surface area contributed by atoms with Gasteiger partial charge in [-0.05, 0) is 44.0 Å². The molecule has 0 bridgehead atoms. The van der Waals surface area contributed by atoms with Crippen molar-refractivity contribution in [3.05, 3.63) is 71.3 Å². The average Bonchev–Trinajstić information content (AvgIpc) is 3.35. The maximum absolute atomic E-state index is 13.8. The van der Waals surface area contributed by atoms with E-state index in [1.807, 2.05) is 68.4 Å². The largest absolute Gasteiger partial charge is 0.379 e. The van der Waals surface area contributed by atoms with Gasteiger partial charge in [-0.15, -0.1) is 11.8 Å². The summed E-state index contributed by atoms with van der Waals surface area (Å²) in [5.74, 6) is -0.633. The molecule has 2 aromatic rings. The van der Waals surface area contributed by atoms with Gasteiger partial charge in [-0.25, -0.2) is 0 Å². The van der Waals surface area contributed by atoms with E-state index < -0.39 is 16.8 Å². The van der Waals surface area contributed by atoms with Gasteiger partial charge in [0.1, 0.15) is 17.5 Å². The predicted octanol–water partition coefficient (Wildman–Crippen LogP) is 2.60. The fourth-order valence-corrected chi connectivity index (χ4v) is 7.16. The highest BCUT2D eigenvalue weighted by molar-refractivity contribution is 8.01. The summed E-state index contributed by atoms with van der Waals surface area (Å²) in [6.45, 7) is 8.74. The number of hydrogen-bond donors (Lipinski definition) is 2. The van der Waals surface area contributed by atoms with Crippen LogP contribution in [0.4, 0.5) is 0 Å². The minimum absolute atomic E-state index is 0.129. The van der Waals surface area contributed by atoms with Gasteiger partial charge in [0, 0.05) is 36.4 Å². The average molecular weight is 537 g/mol. The van der Waals surface area contributed by atoms with Gasteiger partial charge in [-0.3, -0.25) is 19.3 Å². The van der Waals surface area contributed by atoms with Crippen LogP contribution in [0.25, 0.3) is 0 Å². The smallest absolute Gasteiger partial charge is 0.256 e. The Morgan fingerprint density at radius 1 is 1.08 bits per heavy atom. The van der Waals surface area contributed by atoms with Crippen molar-refractivity contribution in [2.45, 2.75) is 48.9 Å². The zero-order valence-electron chi connectivity index (χ0n) is 22.0. The van der Waals surface area contributed by atoms with E-state index in [0.29, 0.717) is 18.5 Å². The SMILES string of the molecule is CC1(C)S[C@@H]2c3ccccc3C(=O)N2[C@@H]1C(=O)N[C@@H](Cc1ccccc1)C(=O)NCCCN1CCOCC1. The number of thioether (sulfide) groups is 1. The fraction of sp³-hybridized carbons (Fsp3) is 0.483. The third-order valence-corrected chi connectivity index (χ3v) is 9.05. The number of benzene rings is 2. The van der Waals surface area contributed by atoms with E-state index in [1.54, 1.807) is 16.7 Å². The van der Waals surface area contributed by atoms with Gasteiger partial charge in [0.2, 0.25) is 11.8 Å². The van der Waals surface area contributed by atoms with Crippen molar-refractivity contribution >= 4 is 29.5 Å². The first kappa shape index (κ1) is 26.7. The molecule has 5 rings (SSSR count). The Hall–Kier alpha value is -2.88. The number of nitrogens with zero attached hydrogens (tertiary/aromatic N) is 2. The van der Waals surface area contributed by atoms with E-state index in [2.05, 4.69) is 15.5 Å². The fourth-order valence-electron chi connectivity index (χ4n) is 5.58. The number of amides is 3. The van der Waals surface area contributed by atoms with Crippen LogP contribution < -0.4 is 10.6 Å². The second kappa shape index (κ2) is 11.5. The number of morpholine rings is 1.